The molecule has 2 aromatic rings. The lowest BCUT2D eigenvalue weighted by atomic mass is 10.1. The van der Waals surface area contributed by atoms with Crippen LogP contribution in [-0.2, 0) is 4.74 Å². The fourth-order valence-electron chi connectivity index (χ4n) is 3.26. The molecule has 2 saturated heterocycles. The molecule has 21 heavy (non-hydrogen) atoms. The van der Waals surface area contributed by atoms with Crippen LogP contribution in [-0.4, -0.2) is 35.6 Å². The van der Waals surface area contributed by atoms with Gasteiger partial charge in [0.15, 0.2) is 0 Å². The molecule has 3 heterocycles. The van der Waals surface area contributed by atoms with Crippen LogP contribution < -0.4 is 5.73 Å². The minimum absolute atomic E-state index is 0.114. The highest BCUT2D eigenvalue weighted by molar-refractivity contribution is 7.10. The zero-order valence-electron chi connectivity index (χ0n) is 11.9. The third-order valence-electron chi connectivity index (χ3n) is 4.42. The number of rotatable bonds is 2. The third-order valence-corrected chi connectivity index (χ3v) is 5.36. The molecule has 2 N–H and O–H groups in total. The highest BCUT2D eigenvalue weighted by atomic mass is 32.1. The van der Waals surface area contributed by atoms with Gasteiger partial charge in [0, 0.05) is 29.2 Å². The summed E-state index contributed by atoms with van der Waals surface area (Å²) in [5.41, 5.74) is 8.78. The molecule has 2 aliphatic heterocycles. The van der Waals surface area contributed by atoms with E-state index in [0.717, 1.165) is 35.1 Å². The van der Waals surface area contributed by atoms with Gasteiger partial charge in [0.05, 0.1) is 12.3 Å². The normalized spacial score (nSPS) is 25.9. The van der Waals surface area contributed by atoms with Crippen molar-refractivity contribution in [3.63, 3.8) is 0 Å². The van der Waals surface area contributed by atoms with Gasteiger partial charge in [0.25, 0.3) is 0 Å². The monoisotopic (exact) mass is 301 g/mol. The zero-order valence-corrected chi connectivity index (χ0v) is 12.7. The maximum absolute atomic E-state index is 6.04. The summed E-state index contributed by atoms with van der Waals surface area (Å²) in [4.78, 5) is 7.31. The number of hydrogen-bond donors (Lipinski definition) is 1. The molecule has 0 spiro atoms. The standard InChI is InChI=1S/C16H19N3OS/c17-13-6-2-1-5-12(13)14-10-21-16(18-14)15-8-19-7-3-4-11(19)9-20-15/h1-2,5-6,10-11,15H,3-4,7-9,17H2. The molecule has 1 aromatic carbocycles. The summed E-state index contributed by atoms with van der Waals surface area (Å²) in [6.45, 7) is 3.02. The first-order valence-electron chi connectivity index (χ1n) is 7.47. The second-order valence-electron chi connectivity index (χ2n) is 5.77. The minimum atomic E-state index is 0.114. The van der Waals surface area contributed by atoms with Gasteiger partial charge in [-0.15, -0.1) is 11.3 Å². The van der Waals surface area contributed by atoms with Crippen LogP contribution in [0.25, 0.3) is 11.3 Å². The summed E-state index contributed by atoms with van der Waals surface area (Å²) in [6.07, 6.45) is 2.68. The fourth-order valence-corrected chi connectivity index (χ4v) is 4.11. The number of aromatic nitrogens is 1. The van der Waals surface area contributed by atoms with Gasteiger partial charge in [-0.2, -0.15) is 0 Å². The lowest BCUT2D eigenvalue weighted by Crippen LogP contribution is -2.42. The van der Waals surface area contributed by atoms with E-state index in [0.29, 0.717) is 6.04 Å². The van der Waals surface area contributed by atoms with Crippen LogP contribution in [0.3, 0.4) is 0 Å². The van der Waals surface area contributed by atoms with Crippen molar-refractivity contribution in [1.29, 1.82) is 0 Å². The molecule has 2 aliphatic rings. The molecule has 0 bridgehead atoms. The molecule has 5 heteroatoms. The number of thiazole rings is 1. The highest BCUT2D eigenvalue weighted by Gasteiger charge is 2.34. The Balaban J connectivity index is 1.56. The van der Waals surface area contributed by atoms with Gasteiger partial charge in [-0.05, 0) is 25.5 Å². The van der Waals surface area contributed by atoms with Gasteiger partial charge >= 0.3 is 0 Å². The van der Waals surface area contributed by atoms with Crippen LogP contribution in [0.4, 0.5) is 5.69 Å². The lowest BCUT2D eigenvalue weighted by Gasteiger charge is -2.34. The predicted octanol–water partition coefficient (Wildman–Crippen LogP) is 2.93. The molecule has 0 aliphatic carbocycles. The van der Waals surface area contributed by atoms with Crippen molar-refractivity contribution in [3.8, 4) is 11.3 Å². The van der Waals surface area contributed by atoms with Crippen molar-refractivity contribution >= 4 is 17.0 Å². The predicted molar refractivity (Wildman–Crippen MR) is 85.3 cm³/mol. The number of ether oxygens (including phenoxy) is 1. The summed E-state index contributed by atoms with van der Waals surface area (Å²) in [6, 6.07) is 8.51. The van der Waals surface area contributed by atoms with Crippen LogP contribution in [0, 0.1) is 0 Å². The number of benzene rings is 1. The zero-order chi connectivity index (χ0) is 14.2. The third kappa shape index (κ3) is 2.46. The number of nitrogen functional groups attached to an aromatic ring is 1. The van der Waals surface area contributed by atoms with Crippen LogP contribution in [0.1, 0.15) is 24.0 Å². The van der Waals surface area contributed by atoms with E-state index < -0.39 is 0 Å². The smallest absolute Gasteiger partial charge is 0.124 e. The van der Waals surface area contributed by atoms with Gasteiger partial charge in [-0.25, -0.2) is 4.98 Å². The Labute approximate surface area is 128 Å². The molecular weight excluding hydrogens is 282 g/mol. The number of nitrogens with zero attached hydrogens (tertiary/aromatic N) is 2. The first-order chi connectivity index (χ1) is 10.3. The van der Waals surface area contributed by atoms with Crippen molar-refractivity contribution < 1.29 is 4.74 Å². The number of hydrogen-bond acceptors (Lipinski definition) is 5. The Kier molecular flexibility index (Phi) is 3.41. The molecule has 2 atom stereocenters. The van der Waals surface area contributed by atoms with Crippen molar-refractivity contribution in [3.05, 3.63) is 34.7 Å². The molecule has 0 amide bonds. The van der Waals surface area contributed by atoms with Crippen molar-refractivity contribution in [1.82, 2.24) is 9.88 Å². The second-order valence-corrected chi connectivity index (χ2v) is 6.66. The van der Waals surface area contributed by atoms with Crippen molar-refractivity contribution in [2.45, 2.75) is 25.0 Å². The molecule has 4 nitrogen and oxygen atoms in total. The average Bonchev–Trinajstić information content (AvgIpc) is 3.16. The Morgan fingerprint density at radius 1 is 1.33 bits per heavy atom. The summed E-state index contributed by atoms with van der Waals surface area (Å²) >= 11 is 1.68. The van der Waals surface area contributed by atoms with E-state index in [-0.39, 0.29) is 6.10 Å². The molecule has 110 valence electrons. The van der Waals surface area contributed by atoms with Crippen molar-refractivity contribution in [2.24, 2.45) is 0 Å². The number of fused-ring (bicyclic) bond motifs is 1. The molecule has 2 unspecified atom stereocenters. The number of para-hydroxylation sites is 1. The van der Waals surface area contributed by atoms with Crippen LogP contribution in [0.5, 0.6) is 0 Å². The van der Waals surface area contributed by atoms with E-state index in [1.54, 1.807) is 11.3 Å². The molecule has 1 aromatic heterocycles. The molecular formula is C16H19N3OS. The van der Waals surface area contributed by atoms with Gasteiger partial charge in [0.1, 0.15) is 11.1 Å². The van der Waals surface area contributed by atoms with E-state index in [2.05, 4.69) is 10.3 Å². The van der Waals surface area contributed by atoms with E-state index >= 15 is 0 Å². The first-order valence-corrected chi connectivity index (χ1v) is 8.35. The van der Waals surface area contributed by atoms with Gasteiger partial charge in [0.2, 0.25) is 0 Å². The Hall–Kier alpha value is -1.43. The van der Waals surface area contributed by atoms with Crippen molar-refractivity contribution in [2.75, 3.05) is 25.4 Å². The highest BCUT2D eigenvalue weighted by Crippen LogP contribution is 2.34. The van der Waals surface area contributed by atoms with Crippen LogP contribution in [0.2, 0.25) is 0 Å². The second kappa shape index (κ2) is 5.40. The van der Waals surface area contributed by atoms with Gasteiger partial charge in [-0.1, -0.05) is 18.2 Å². The van der Waals surface area contributed by atoms with Crippen LogP contribution in [0.15, 0.2) is 29.6 Å². The summed E-state index contributed by atoms with van der Waals surface area (Å²) in [5, 5.41) is 3.15. The van der Waals surface area contributed by atoms with Gasteiger partial charge in [-0.3, -0.25) is 4.90 Å². The topological polar surface area (TPSA) is 51.4 Å². The number of morpholine rings is 1. The largest absolute Gasteiger partial charge is 0.398 e. The van der Waals surface area contributed by atoms with Gasteiger partial charge < -0.3 is 10.5 Å². The van der Waals surface area contributed by atoms with E-state index in [9.17, 15) is 0 Å². The van der Waals surface area contributed by atoms with Crippen LogP contribution >= 0.6 is 11.3 Å². The number of anilines is 1. The lowest BCUT2D eigenvalue weighted by molar-refractivity contribution is -0.0502. The Morgan fingerprint density at radius 3 is 3.14 bits per heavy atom. The Bertz CT molecular complexity index is 642. The molecule has 2 fully saturated rings. The maximum Gasteiger partial charge on any atom is 0.124 e. The summed E-state index contributed by atoms with van der Waals surface area (Å²) in [7, 11) is 0. The van der Waals surface area contributed by atoms with E-state index in [1.165, 1.54) is 19.4 Å². The average molecular weight is 301 g/mol. The molecule has 4 rings (SSSR count). The molecule has 0 saturated carbocycles. The van der Waals surface area contributed by atoms with E-state index in [4.69, 9.17) is 15.5 Å². The fraction of sp³-hybridized carbons (Fsp3) is 0.438. The Morgan fingerprint density at radius 2 is 2.24 bits per heavy atom. The first kappa shape index (κ1) is 13.2. The van der Waals surface area contributed by atoms with E-state index in [1.807, 2.05) is 24.3 Å². The quantitative estimate of drug-likeness (QED) is 0.867. The summed E-state index contributed by atoms with van der Waals surface area (Å²) < 4.78 is 6.03. The molecule has 0 radical (unpaired) electrons. The minimum Gasteiger partial charge on any atom is -0.398 e. The number of nitrogens with two attached hydrogens (primary N) is 1. The summed E-state index contributed by atoms with van der Waals surface area (Å²) in [5.74, 6) is 0. The SMILES string of the molecule is Nc1ccccc1-c1csc(C2CN3CCCC3CO2)n1. The maximum atomic E-state index is 6.04.